The number of hydrogen-bond acceptors (Lipinski definition) is 7. The lowest BCUT2D eigenvalue weighted by atomic mass is 10.1. The van der Waals surface area contributed by atoms with Crippen molar-refractivity contribution in [2.24, 2.45) is 0 Å². The standard InChI is InChI=1S/C11H15N3O7/c15-4-5-9(19)8(12-3-7(17)18)10(21-5)14-2-1-6(16)13-11(14)20/h1-2,5,8-10,12,15,19H,3-4H2,(H,17,18)(H,13,16,20)/t5-,8-,9-,10-/m1/s1. The summed E-state index contributed by atoms with van der Waals surface area (Å²) >= 11 is 0. The molecule has 1 aromatic heterocycles. The van der Waals surface area contributed by atoms with E-state index in [-0.39, 0.29) is 0 Å². The quantitative estimate of drug-likeness (QED) is 0.381. The van der Waals surface area contributed by atoms with Gasteiger partial charge in [-0.2, -0.15) is 0 Å². The third kappa shape index (κ3) is 3.19. The predicted molar refractivity (Wildman–Crippen MR) is 67.8 cm³/mol. The maximum absolute atomic E-state index is 11.8. The number of nitrogens with one attached hydrogen (secondary N) is 2. The molecule has 1 aromatic rings. The van der Waals surface area contributed by atoms with Gasteiger partial charge in [0.05, 0.1) is 19.2 Å². The molecule has 116 valence electrons. The molecule has 0 amide bonds. The highest BCUT2D eigenvalue weighted by Crippen LogP contribution is 2.27. The van der Waals surface area contributed by atoms with Gasteiger partial charge in [0.15, 0.2) is 6.23 Å². The van der Waals surface area contributed by atoms with Gasteiger partial charge in [-0.25, -0.2) is 4.79 Å². The average molecular weight is 301 g/mol. The molecule has 5 N–H and O–H groups in total. The first-order valence-electron chi connectivity index (χ1n) is 6.15. The number of rotatable bonds is 5. The van der Waals surface area contributed by atoms with Crippen molar-refractivity contribution in [3.8, 4) is 0 Å². The van der Waals surface area contributed by atoms with E-state index in [1.54, 1.807) is 0 Å². The number of aliphatic hydroxyl groups excluding tert-OH is 2. The van der Waals surface area contributed by atoms with Gasteiger partial charge in [0.25, 0.3) is 5.56 Å². The zero-order chi connectivity index (χ0) is 15.6. The molecule has 0 bridgehead atoms. The van der Waals surface area contributed by atoms with Gasteiger partial charge in [-0.15, -0.1) is 0 Å². The molecule has 0 radical (unpaired) electrons. The lowest BCUT2D eigenvalue weighted by Gasteiger charge is -2.22. The van der Waals surface area contributed by atoms with Crippen LogP contribution in [-0.4, -0.2) is 62.2 Å². The number of carboxylic acid groups (broad SMARTS) is 1. The number of H-pyrrole nitrogens is 1. The Labute approximate surface area is 117 Å². The van der Waals surface area contributed by atoms with E-state index >= 15 is 0 Å². The normalized spacial score (nSPS) is 28.7. The number of aliphatic carboxylic acids is 1. The van der Waals surface area contributed by atoms with E-state index in [1.807, 2.05) is 4.98 Å². The van der Waals surface area contributed by atoms with Crippen LogP contribution in [0.4, 0.5) is 0 Å². The van der Waals surface area contributed by atoms with Crippen molar-refractivity contribution in [2.45, 2.75) is 24.5 Å². The molecule has 0 spiro atoms. The average Bonchev–Trinajstić information content (AvgIpc) is 2.73. The van der Waals surface area contributed by atoms with Crippen LogP contribution < -0.4 is 16.6 Å². The Morgan fingerprint density at radius 3 is 2.76 bits per heavy atom. The lowest BCUT2D eigenvalue weighted by molar-refractivity contribution is -0.136. The zero-order valence-corrected chi connectivity index (χ0v) is 10.8. The number of hydrogen-bond donors (Lipinski definition) is 5. The van der Waals surface area contributed by atoms with Gasteiger partial charge in [0, 0.05) is 12.3 Å². The summed E-state index contributed by atoms with van der Waals surface area (Å²) in [7, 11) is 0. The molecule has 0 aromatic carbocycles. The molecule has 1 fully saturated rings. The Balaban J connectivity index is 2.31. The van der Waals surface area contributed by atoms with Crippen LogP contribution in [0.15, 0.2) is 21.9 Å². The molecule has 4 atom stereocenters. The summed E-state index contributed by atoms with van der Waals surface area (Å²) in [5, 5.41) is 30.4. The molecule has 1 aliphatic heterocycles. The molecule has 0 saturated carbocycles. The number of ether oxygens (including phenoxy) is 1. The minimum Gasteiger partial charge on any atom is -0.480 e. The summed E-state index contributed by atoms with van der Waals surface area (Å²) in [6.07, 6.45) is -2.06. The van der Waals surface area contributed by atoms with Gasteiger partial charge in [0.2, 0.25) is 0 Å². The molecule has 2 rings (SSSR count). The van der Waals surface area contributed by atoms with Gasteiger partial charge >= 0.3 is 11.7 Å². The van der Waals surface area contributed by atoms with Crippen LogP contribution in [0.5, 0.6) is 0 Å². The topological polar surface area (TPSA) is 154 Å². The molecule has 0 aliphatic carbocycles. The first-order valence-corrected chi connectivity index (χ1v) is 6.15. The first kappa shape index (κ1) is 15.4. The van der Waals surface area contributed by atoms with E-state index in [2.05, 4.69) is 5.32 Å². The van der Waals surface area contributed by atoms with Crippen molar-refractivity contribution in [3.63, 3.8) is 0 Å². The molecule has 0 unspecified atom stereocenters. The second-order valence-corrected chi connectivity index (χ2v) is 4.56. The smallest absolute Gasteiger partial charge is 0.330 e. The molecule has 1 saturated heterocycles. The summed E-state index contributed by atoms with van der Waals surface area (Å²) < 4.78 is 6.37. The number of aliphatic hydroxyl groups is 2. The van der Waals surface area contributed by atoms with Gasteiger partial charge < -0.3 is 20.1 Å². The van der Waals surface area contributed by atoms with Crippen molar-refractivity contribution >= 4 is 5.97 Å². The minimum atomic E-state index is -1.21. The third-order valence-corrected chi connectivity index (χ3v) is 3.16. The van der Waals surface area contributed by atoms with Gasteiger partial charge in [-0.1, -0.05) is 0 Å². The van der Waals surface area contributed by atoms with Gasteiger partial charge in [-0.3, -0.25) is 24.5 Å². The van der Waals surface area contributed by atoms with Crippen molar-refractivity contribution in [2.75, 3.05) is 13.2 Å². The molecule has 10 heteroatoms. The van der Waals surface area contributed by atoms with Crippen LogP contribution >= 0.6 is 0 Å². The molecule has 21 heavy (non-hydrogen) atoms. The van der Waals surface area contributed by atoms with E-state index in [9.17, 15) is 19.5 Å². The fourth-order valence-corrected chi connectivity index (χ4v) is 2.19. The Bertz CT molecular complexity index is 625. The highest BCUT2D eigenvalue weighted by Gasteiger charge is 2.44. The SMILES string of the molecule is O=C(O)CN[C@@H]1[C@H](O)[C@@H](CO)O[C@H]1n1ccc(=O)[nH]c1=O. The summed E-state index contributed by atoms with van der Waals surface area (Å²) in [6.45, 7) is -0.959. The van der Waals surface area contributed by atoms with Crippen LogP contribution in [0.25, 0.3) is 0 Å². The van der Waals surface area contributed by atoms with Crippen LogP contribution in [0.3, 0.4) is 0 Å². The van der Waals surface area contributed by atoms with Crippen LogP contribution in [0, 0.1) is 0 Å². The molecular formula is C11H15N3O7. The Morgan fingerprint density at radius 2 is 2.19 bits per heavy atom. The van der Waals surface area contributed by atoms with E-state index in [4.69, 9.17) is 14.9 Å². The molecular weight excluding hydrogens is 286 g/mol. The monoisotopic (exact) mass is 301 g/mol. The number of nitrogens with zero attached hydrogens (tertiary/aromatic N) is 1. The van der Waals surface area contributed by atoms with Crippen molar-refractivity contribution < 1.29 is 24.9 Å². The Kier molecular flexibility index (Phi) is 4.53. The van der Waals surface area contributed by atoms with E-state index in [0.717, 1.165) is 10.6 Å². The van der Waals surface area contributed by atoms with Crippen LogP contribution in [0.1, 0.15) is 6.23 Å². The van der Waals surface area contributed by atoms with E-state index in [0.29, 0.717) is 0 Å². The highest BCUT2D eigenvalue weighted by molar-refractivity contribution is 5.69. The first-order chi connectivity index (χ1) is 9.93. The molecule has 2 heterocycles. The maximum atomic E-state index is 11.8. The third-order valence-electron chi connectivity index (χ3n) is 3.16. The number of aromatic nitrogens is 2. The second-order valence-electron chi connectivity index (χ2n) is 4.56. The summed E-state index contributed by atoms with van der Waals surface area (Å²) in [6, 6.07) is 0.166. The van der Waals surface area contributed by atoms with Crippen molar-refractivity contribution in [3.05, 3.63) is 33.1 Å². The van der Waals surface area contributed by atoms with Gasteiger partial charge in [0.1, 0.15) is 12.2 Å². The van der Waals surface area contributed by atoms with Crippen LogP contribution in [0.2, 0.25) is 0 Å². The fourth-order valence-electron chi connectivity index (χ4n) is 2.19. The summed E-state index contributed by atoms with van der Waals surface area (Å²) in [5.41, 5.74) is -1.36. The maximum Gasteiger partial charge on any atom is 0.330 e. The van der Waals surface area contributed by atoms with E-state index in [1.165, 1.54) is 6.20 Å². The highest BCUT2D eigenvalue weighted by atomic mass is 16.5. The predicted octanol–water partition coefficient (Wildman–Crippen LogP) is -3.17. The largest absolute Gasteiger partial charge is 0.480 e. The number of carboxylic acids is 1. The fraction of sp³-hybridized carbons (Fsp3) is 0.545. The second kappa shape index (κ2) is 6.18. The van der Waals surface area contributed by atoms with Crippen molar-refractivity contribution in [1.82, 2.24) is 14.9 Å². The molecule has 10 nitrogen and oxygen atoms in total. The summed E-state index contributed by atoms with van der Waals surface area (Å²) in [4.78, 5) is 35.4. The number of aromatic amines is 1. The Hall–Kier alpha value is -2.01. The number of carbonyl (C=O) groups is 1. The Morgan fingerprint density at radius 1 is 1.48 bits per heavy atom. The van der Waals surface area contributed by atoms with E-state index < -0.39 is 54.8 Å². The zero-order valence-electron chi connectivity index (χ0n) is 10.8. The summed E-state index contributed by atoms with van der Waals surface area (Å²) in [5.74, 6) is -1.15. The van der Waals surface area contributed by atoms with Crippen molar-refractivity contribution in [1.29, 1.82) is 0 Å². The van der Waals surface area contributed by atoms with Gasteiger partial charge in [-0.05, 0) is 0 Å². The lowest BCUT2D eigenvalue weighted by Crippen LogP contribution is -2.47. The molecule has 1 aliphatic rings. The van der Waals surface area contributed by atoms with Crippen LogP contribution in [-0.2, 0) is 9.53 Å². The minimum absolute atomic E-state index is 0.460.